The second kappa shape index (κ2) is 4.78. The van der Waals surface area contributed by atoms with E-state index in [0.29, 0.717) is 5.52 Å². The molecule has 0 spiro atoms. The molecule has 1 atom stereocenters. The van der Waals surface area contributed by atoms with Gasteiger partial charge in [-0.2, -0.15) is 5.10 Å². The number of ether oxygens (including phenoxy) is 1. The molecule has 2 heterocycles. The van der Waals surface area contributed by atoms with Crippen LogP contribution >= 0.6 is 11.6 Å². The summed E-state index contributed by atoms with van der Waals surface area (Å²) in [4.78, 5) is 15.7. The molecule has 0 fully saturated rings. The average Bonchev–Trinajstić information content (AvgIpc) is 2.83. The van der Waals surface area contributed by atoms with Crippen LogP contribution in [0.2, 0.25) is 5.15 Å². The lowest BCUT2D eigenvalue weighted by atomic mass is 10.0. The van der Waals surface area contributed by atoms with Crippen molar-refractivity contribution in [3.63, 3.8) is 0 Å². The molecule has 0 N–H and O–H groups in total. The smallest absolute Gasteiger partial charge is 0.331 e. The van der Waals surface area contributed by atoms with E-state index in [2.05, 4.69) is 14.8 Å². The van der Waals surface area contributed by atoms with E-state index >= 15 is 0 Å². The van der Waals surface area contributed by atoms with Crippen molar-refractivity contribution in [2.24, 2.45) is 0 Å². The van der Waals surface area contributed by atoms with Crippen molar-refractivity contribution in [3.8, 4) is 0 Å². The van der Waals surface area contributed by atoms with Crippen LogP contribution < -0.4 is 0 Å². The minimum Gasteiger partial charge on any atom is -0.468 e. The first kappa shape index (κ1) is 13.8. The van der Waals surface area contributed by atoms with E-state index in [9.17, 15) is 13.2 Å². The number of fused-ring (bicyclic) bond motifs is 1. The summed E-state index contributed by atoms with van der Waals surface area (Å²) in [6, 6.07) is 1.32. The number of hydrogen-bond donors (Lipinski definition) is 1. The fourth-order valence-corrected chi connectivity index (χ4v) is 2.56. The molecule has 9 heteroatoms. The highest BCUT2D eigenvalue weighted by atomic mass is 35.5. The van der Waals surface area contributed by atoms with Crippen LogP contribution in [-0.4, -0.2) is 36.1 Å². The van der Waals surface area contributed by atoms with E-state index in [1.165, 1.54) is 30.0 Å². The number of methoxy groups -OCH3 is 1. The Morgan fingerprint density at radius 1 is 1.53 bits per heavy atom. The molecule has 0 aromatic carbocycles. The first-order valence-corrected chi connectivity index (χ1v) is 6.69. The zero-order valence-electron chi connectivity index (χ0n) is 10.0. The predicted molar refractivity (Wildman–Crippen MR) is 67.7 cm³/mol. The average molecular weight is 304 g/mol. The lowest BCUT2D eigenvalue weighted by Gasteiger charge is -2.21. The van der Waals surface area contributed by atoms with E-state index in [0.717, 1.165) is 7.11 Å². The highest BCUT2D eigenvalue weighted by Crippen LogP contribution is 2.31. The van der Waals surface area contributed by atoms with Crippen LogP contribution in [0.25, 0.3) is 5.52 Å². The van der Waals surface area contributed by atoms with Gasteiger partial charge in [0.2, 0.25) is 0 Å². The van der Waals surface area contributed by atoms with Crippen LogP contribution in [0.5, 0.6) is 0 Å². The number of aromatic nitrogens is 3. The Hall–Kier alpha value is -1.67. The topological polar surface area (TPSA) is 90.6 Å². The minimum atomic E-state index is -3.14. The van der Waals surface area contributed by atoms with Crippen LogP contribution in [0.15, 0.2) is 18.6 Å². The zero-order chi connectivity index (χ0) is 14.2. The Kier molecular flexibility index (Phi) is 3.46. The molecule has 0 bridgehead atoms. The second-order valence-electron chi connectivity index (χ2n) is 3.93. The van der Waals surface area contributed by atoms with E-state index in [1.807, 2.05) is 0 Å². The SMILES string of the molecule is COC(=O)C(C)(c1cc(Cl)nn2cncc12)[SH](=O)=O. The first-order valence-electron chi connectivity index (χ1n) is 5.13. The van der Waals surface area contributed by atoms with Crippen molar-refractivity contribution in [3.05, 3.63) is 29.3 Å². The molecule has 1 unspecified atom stereocenters. The summed E-state index contributed by atoms with van der Waals surface area (Å²) in [5, 5.41) is 3.97. The van der Waals surface area contributed by atoms with E-state index < -0.39 is 21.4 Å². The molecule has 7 nitrogen and oxygen atoms in total. The number of halogens is 1. The molecule has 19 heavy (non-hydrogen) atoms. The molecule has 0 aliphatic rings. The van der Waals surface area contributed by atoms with Crippen LogP contribution in [0.1, 0.15) is 12.5 Å². The third kappa shape index (κ3) is 2.06. The third-order valence-electron chi connectivity index (χ3n) is 2.83. The molecule has 0 saturated heterocycles. The number of carbonyl (C=O) groups is 1. The van der Waals surface area contributed by atoms with Crippen molar-refractivity contribution in [1.82, 2.24) is 14.6 Å². The standard InChI is InChI=1S/C10H10ClN3O4S/c1-10(19(16)17,9(15)18-2)6-3-8(11)13-14-5-12-4-7(6)14/h3-5,19H,1-2H3. The van der Waals surface area contributed by atoms with Crippen LogP contribution in [0.3, 0.4) is 0 Å². The number of nitrogens with zero attached hydrogens (tertiary/aromatic N) is 3. The number of carbonyl (C=O) groups excluding carboxylic acids is 1. The van der Waals surface area contributed by atoms with Gasteiger partial charge in [0.25, 0.3) is 0 Å². The second-order valence-corrected chi connectivity index (χ2v) is 5.72. The van der Waals surface area contributed by atoms with Gasteiger partial charge in [-0.15, -0.1) is 0 Å². The van der Waals surface area contributed by atoms with Crippen molar-refractivity contribution >= 4 is 33.8 Å². The molecule has 2 rings (SSSR count). The molecule has 0 aliphatic carbocycles. The molecular formula is C10H10ClN3O4S. The highest BCUT2D eigenvalue weighted by Gasteiger charge is 2.42. The normalized spacial score (nSPS) is 14.5. The van der Waals surface area contributed by atoms with Gasteiger partial charge in [0.15, 0.2) is 15.5 Å². The number of rotatable bonds is 3. The summed E-state index contributed by atoms with van der Waals surface area (Å²) in [6.07, 6.45) is 2.76. The maximum Gasteiger partial charge on any atom is 0.331 e. The minimum absolute atomic E-state index is 0.0486. The summed E-state index contributed by atoms with van der Waals surface area (Å²) in [5.74, 6) is -0.894. The van der Waals surface area contributed by atoms with Crippen LogP contribution in [0, 0.1) is 0 Å². The summed E-state index contributed by atoms with van der Waals surface area (Å²) in [5.41, 5.74) is 0.546. The van der Waals surface area contributed by atoms with Gasteiger partial charge in [0, 0.05) is 5.56 Å². The molecule has 2 aromatic heterocycles. The summed E-state index contributed by atoms with van der Waals surface area (Å²) in [7, 11) is -2.02. The Morgan fingerprint density at radius 2 is 2.21 bits per heavy atom. The Bertz CT molecular complexity index is 719. The van der Waals surface area contributed by atoms with Gasteiger partial charge in [0.1, 0.15) is 11.5 Å². The molecule has 102 valence electrons. The summed E-state index contributed by atoms with van der Waals surface area (Å²) < 4.78 is 27.1. The number of imidazole rings is 1. The fraction of sp³-hybridized carbons (Fsp3) is 0.300. The van der Waals surface area contributed by atoms with Gasteiger partial charge in [-0.1, -0.05) is 11.6 Å². The van der Waals surface area contributed by atoms with Crippen LogP contribution in [0.4, 0.5) is 0 Å². The lowest BCUT2D eigenvalue weighted by molar-refractivity contribution is -0.143. The molecule has 0 saturated carbocycles. The predicted octanol–water partition coefficient (Wildman–Crippen LogP) is 0.382. The quantitative estimate of drug-likeness (QED) is 0.651. The third-order valence-corrected chi connectivity index (χ3v) is 4.17. The first-order chi connectivity index (χ1) is 8.91. The van der Waals surface area contributed by atoms with E-state index in [4.69, 9.17) is 11.6 Å². The van der Waals surface area contributed by atoms with E-state index in [-0.39, 0.29) is 10.7 Å². The van der Waals surface area contributed by atoms with Gasteiger partial charge >= 0.3 is 5.97 Å². The molecule has 0 radical (unpaired) electrons. The monoisotopic (exact) mass is 303 g/mol. The van der Waals surface area contributed by atoms with Gasteiger partial charge in [0.05, 0.1) is 18.8 Å². The Balaban J connectivity index is 2.83. The molecular weight excluding hydrogens is 294 g/mol. The molecule has 2 aromatic rings. The Morgan fingerprint density at radius 3 is 2.79 bits per heavy atom. The summed E-state index contributed by atoms with van der Waals surface area (Å²) >= 11 is 5.83. The maximum atomic E-state index is 11.9. The number of hydrogen-bond acceptors (Lipinski definition) is 6. The summed E-state index contributed by atoms with van der Waals surface area (Å²) in [6.45, 7) is 1.25. The van der Waals surface area contributed by atoms with E-state index in [1.54, 1.807) is 0 Å². The fourth-order valence-electron chi connectivity index (χ4n) is 1.76. The molecule has 0 aliphatic heterocycles. The highest BCUT2D eigenvalue weighted by molar-refractivity contribution is 7.74. The zero-order valence-corrected chi connectivity index (χ0v) is 11.7. The van der Waals surface area contributed by atoms with Gasteiger partial charge in [-0.05, 0) is 13.0 Å². The van der Waals surface area contributed by atoms with Crippen molar-refractivity contribution in [2.45, 2.75) is 11.7 Å². The van der Waals surface area contributed by atoms with Crippen LogP contribution in [-0.2, 0) is 25.0 Å². The van der Waals surface area contributed by atoms with Crippen molar-refractivity contribution in [1.29, 1.82) is 0 Å². The van der Waals surface area contributed by atoms with Gasteiger partial charge < -0.3 is 4.74 Å². The Labute approximate surface area is 115 Å². The maximum absolute atomic E-state index is 11.9. The number of thiol groups is 1. The molecule has 0 amide bonds. The van der Waals surface area contributed by atoms with Gasteiger partial charge in [-0.3, -0.25) is 4.79 Å². The van der Waals surface area contributed by atoms with Crippen molar-refractivity contribution in [2.75, 3.05) is 7.11 Å². The largest absolute Gasteiger partial charge is 0.468 e. The van der Waals surface area contributed by atoms with Gasteiger partial charge in [-0.25, -0.2) is 17.9 Å². The van der Waals surface area contributed by atoms with Crippen molar-refractivity contribution < 1.29 is 17.9 Å². The number of esters is 1. The lowest BCUT2D eigenvalue weighted by Crippen LogP contribution is -2.35.